The van der Waals surface area contributed by atoms with Crippen molar-refractivity contribution in [3.8, 4) is 0 Å². The molecule has 0 aliphatic carbocycles. The van der Waals surface area contributed by atoms with Gasteiger partial charge < -0.3 is 5.11 Å². The van der Waals surface area contributed by atoms with E-state index in [9.17, 15) is 9.18 Å². The van der Waals surface area contributed by atoms with E-state index in [4.69, 9.17) is 5.11 Å². The smallest absolute Gasteiger partial charge is 0.321 e. The van der Waals surface area contributed by atoms with E-state index < -0.39 is 12.0 Å². The standard InChI is InChI=1S/C13H18FNO2/c1-9(2)12(13(16)17)15(3)8-10-6-4-5-7-11(10)14/h4-7,9,12H,8H2,1-3H3,(H,16,17). The van der Waals surface area contributed by atoms with Crippen LogP contribution in [0.1, 0.15) is 19.4 Å². The van der Waals surface area contributed by atoms with Crippen molar-refractivity contribution < 1.29 is 14.3 Å². The van der Waals surface area contributed by atoms with Crippen LogP contribution in [0, 0.1) is 11.7 Å². The average Bonchev–Trinajstić information content (AvgIpc) is 2.20. The number of halogens is 1. The third kappa shape index (κ3) is 3.53. The van der Waals surface area contributed by atoms with Gasteiger partial charge in [-0.25, -0.2) is 4.39 Å². The summed E-state index contributed by atoms with van der Waals surface area (Å²) >= 11 is 0. The molecule has 0 bridgehead atoms. The Labute approximate surface area is 101 Å². The Balaban J connectivity index is 2.81. The largest absolute Gasteiger partial charge is 0.480 e. The SMILES string of the molecule is CC(C)C(C(=O)O)N(C)Cc1ccccc1F. The van der Waals surface area contributed by atoms with E-state index in [-0.39, 0.29) is 11.7 Å². The van der Waals surface area contributed by atoms with E-state index in [1.807, 2.05) is 13.8 Å². The highest BCUT2D eigenvalue weighted by Crippen LogP contribution is 2.15. The summed E-state index contributed by atoms with van der Waals surface area (Å²) in [7, 11) is 1.70. The molecule has 0 fully saturated rings. The number of benzene rings is 1. The summed E-state index contributed by atoms with van der Waals surface area (Å²) < 4.78 is 13.4. The Bertz CT molecular complexity index is 393. The summed E-state index contributed by atoms with van der Waals surface area (Å²) in [5, 5.41) is 9.13. The molecule has 0 saturated heterocycles. The first-order valence-electron chi connectivity index (χ1n) is 5.60. The minimum absolute atomic E-state index is 0.0238. The molecule has 1 aromatic rings. The lowest BCUT2D eigenvalue weighted by Gasteiger charge is -2.27. The van der Waals surface area contributed by atoms with Gasteiger partial charge in [-0.15, -0.1) is 0 Å². The number of carboxylic acid groups (broad SMARTS) is 1. The third-order valence-corrected chi connectivity index (χ3v) is 2.74. The van der Waals surface area contributed by atoms with Crippen molar-refractivity contribution in [2.45, 2.75) is 26.4 Å². The first-order valence-corrected chi connectivity index (χ1v) is 5.60. The van der Waals surface area contributed by atoms with Gasteiger partial charge in [-0.3, -0.25) is 9.69 Å². The lowest BCUT2D eigenvalue weighted by Crippen LogP contribution is -2.42. The molecule has 94 valence electrons. The van der Waals surface area contributed by atoms with E-state index in [2.05, 4.69) is 0 Å². The van der Waals surface area contributed by atoms with Crippen molar-refractivity contribution in [3.63, 3.8) is 0 Å². The average molecular weight is 239 g/mol. The lowest BCUT2D eigenvalue weighted by molar-refractivity contribution is -0.144. The highest BCUT2D eigenvalue weighted by Gasteiger charge is 2.26. The quantitative estimate of drug-likeness (QED) is 0.857. The van der Waals surface area contributed by atoms with Crippen molar-refractivity contribution in [3.05, 3.63) is 35.6 Å². The van der Waals surface area contributed by atoms with Gasteiger partial charge in [-0.05, 0) is 19.0 Å². The molecule has 1 atom stereocenters. The normalized spacial score (nSPS) is 13.1. The molecule has 0 heterocycles. The molecule has 0 aromatic heterocycles. The Morgan fingerprint density at radius 1 is 1.41 bits per heavy atom. The monoisotopic (exact) mass is 239 g/mol. The number of hydrogen-bond donors (Lipinski definition) is 1. The molecule has 0 saturated carbocycles. The predicted octanol–water partition coefficient (Wildman–Crippen LogP) is 2.37. The summed E-state index contributed by atoms with van der Waals surface area (Å²) in [6.07, 6.45) is 0. The van der Waals surface area contributed by atoms with Gasteiger partial charge in [0.25, 0.3) is 0 Å². The molecular weight excluding hydrogens is 221 g/mol. The zero-order chi connectivity index (χ0) is 13.0. The van der Waals surface area contributed by atoms with Crippen LogP contribution >= 0.6 is 0 Å². The molecule has 0 spiro atoms. The van der Waals surface area contributed by atoms with Crippen LogP contribution in [0.25, 0.3) is 0 Å². The highest BCUT2D eigenvalue weighted by atomic mass is 19.1. The van der Waals surface area contributed by atoms with Crippen molar-refractivity contribution >= 4 is 5.97 Å². The number of hydrogen-bond acceptors (Lipinski definition) is 2. The van der Waals surface area contributed by atoms with E-state index in [0.717, 1.165) is 0 Å². The van der Waals surface area contributed by atoms with Gasteiger partial charge >= 0.3 is 5.97 Å². The molecular formula is C13H18FNO2. The molecule has 1 N–H and O–H groups in total. The summed E-state index contributed by atoms with van der Waals surface area (Å²) in [5.74, 6) is -1.20. The topological polar surface area (TPSA) is 40.5 Å². The Morgan fingerprint density at radius 3 is 2.47 bits per heavy atom. The summed E-state index contributed by atoms with van der Waals surface area (Å²) in [6, 6.07) is 5.82. The molecule has 1 rings (SSSR count). The van der Waals surface area contributed by atoms with Crippen LogP contribution in [0.2, 0.25) is 0 Å². The minimum Gasteiger partial charge on any atom is -0.480 e. The molecule has 17 heavy (non-hydrogen) atoms. The zero-order valence-corrected chi connectivity index (χ0v) is 10.4. The van der Waals surface area contributed by atoms with Crippen molar-refractivity contribution in [2.24, 2.45) is 5.92 Å². The second-order valence-electron chi connectivity index (χ2n) is 4.53. The van der Waals surface area contributed by atoms with Crippen LogP contribution in [0.4, 0.5) is 4.39 Å². The van der Waals surface area contributed by atoms with Gasteiger partial charge in [0.1, 0.15) is 11.9 Å². The first kappa shape index (κ1) is 13.6. The Kier molecular flexibility index (Phi) is 4.63. The highest BCUT2D eigenvalue weighted by molar-refractivity contribution is 5.73. The van der Waals surface area contributed by atoms with Gasteiger partial charge in [-0.1, -0.05) is 32.0 Å². The second-order valence-corrected chi connectivity index (χ2v) is 4.53. The van der Waals surface area contributed by atoms with Crippen LogP contribution in [-0.2, 0) is 11.3 Å². The molecule has 0 radical (unpaired) electrons. The number of likely N-dealkylation sites (N-methyl/N-ethyl adjacent to an activating group) is 1. The number of rotatable bonds is 5. The molecule has 4 heteroatoms. The minimum atomic E-state index is -0.876. The number of aliphatic carboxylic acids is 1. The number of carbonyl (C=O) groups is 1. The van der Waals surface area contributed by atoms with Crippen LogP contribution in [0.5, 0.6) is 0 Å². The van der Waals surface area contributed by atoms with Crippen molar-refractivity contribution in [1.29, 1.82) is 0 Å². The number of carboxylic acids is 1. The fraction of sp³-hybridized carbons (Fsp3) is 0.462. The van der Waals surface area contributed by atoms with E-state index in [1.165, 1.54) is 6.07 Å². The molecule has 1 unspecified atom stereocenters. The zero-order valence-electron chi connectivity index (χ0n) is 10.4. The van der Waals surface area contributed by atoms with E-state index in [1.54, 1.807) is 30.1 Å². The second kappa shape index (κ2) is 5.77. The van der Waals surface area contributed by atoms with Crippen LogP contribution in [0.15, 0.2) is 24.3 Å². The third-order valence-electron chi connectivity index (χ3n) is 2.74. The first-order chi connectivity index (χ1) is 7.93. The molecule has 3 nitrogen and oxygen atoms in total. The van der Waals surface area contributed by atoms with E-state index in [0.29, 0.717) is 12.1 Å². The summed E-state index contributed by atoms with van der Waals surface area (Å²) in [4.78, 5) is 12.8. The maximum atomic E-state index is 13.4. The van der Waals surface area contributed by atoms with E-state index >= 15 is 0 Å². The van der Waals surface area contributed by atoms with Crippen molar-refractivity contribution in [2.75, 3.05) is 7.05 Å². The molecule has 0 amide bonds. The lowest BCUT2D eigenvalue weighted by atomic mass is 10.0. The molecule has 0 aliphatic rings. The summed E-state index contributed by atoms with van der Waals surface area (Å²) in [5.41, 5.74) is 0.516. The fourth-order valence-electron chi connectivity index (χ4n) is 1.98. The summed E-state index contributed by atoms with van der Waals surface area (Å²) in [6.45, 7) is 3.98. The van der Waals surface area contributed by atoms with Gasteiger partial charge in [0.05, 0.1) is 0 Å². The number of nitrogens with zero attached hydrogens (tertiary/aromatic N) is 1. The van der Waals surface area contributed by atoms with Gasteiger partial charge in [0, 0.05) is 12.1 Å². The maximum absolute atomic E-state index is 13.4. The Hall–Kier alpha value is -1.42. The van der Waals surface area contributed by atoms with Gasteiger partial charge in [0.2, 0.25) is 0 Å². The van der Waals surface area contributed by atoms with Crippen LogP contribution in [-0.4, -0.2) is 29.1 Å². The fourth-order valence-corrected chi connectivity index (χ4v) is 1.98. The van der Waals surface area contributed by atoms with Crippen molar-refractivity contribution in [1.82, 2.24) is 4.90 Å². The Morgan fingerprint density at radius 2 is 2.00 bits per heavy atom. The molecule has 0 aliphatic heterocycles. The van der Waals surface area contributed by atoms with Crippen LogP contribution in [0.3, 0.4) is 0 Å². The van der Waals surface area contributed by atoms with Crippen LogP contribution < -0.4 is 0 Å². The molecule has 1 aromatic carbocycles. The maximum Gasteiger partial charge on any atom is 0.321 e. The van der Waals surface area contributed by atoms with Gasteiger partial charge in [-0.2, -0.15) is 0 Å². The predicted molar refractivity (Wildman–Crippen MR) is 64.1 cm³/mol. The van der Waals surface area contributed by atoms with Gasteiger partial charge in [0.15, 0.2) is 0 Å².